The van der Waals surface area contributed by atoms with Gasteiger partial charge in [-0.2, -0.15) is 0 Å². The molecule has 0 aromatic heterocycles. The number of anilines is 1. The van der Waals surface area contributed by atoms with Gasteiger partial charge in [0.1, 0.15) is 5.75 Å². The standard InChI is InChI=1S/C15H18ClN3O5/c16-11-5-10(13-9(12(11)17)1-3-24-13)14(20)18-6-8-7-19(15(21)22)2-4-23-8/h5,8H,1-4,6-7,17H2,(H,18,20)(H,21,22). The van der Waals surface area contributed by atoms with Gasteiger partial charge in [-0.3, -0.25) is 4.79 Å². The third kappa shape index (κ3) is 3.20. The normalized spacial score (nSPS) is 19.5. The molecule has 1 aromatic rings. The van der Waals surface area contributed by atoms with Crippen molar-refractivity contribution >= 4 is 29.3 Å². The summed E-state index contributed by atoms with van der Waals surface area (Å²) in [6.45, 7) is 1.50. The van der Waals surface area contributed by atoms with Crippen LogP contribution < -0.4 is 15.8 Å². The summed E-state index contributed by atoms with van der Waals surface area (Å²) in [6, 6.07) is 1.49. The van der Waals surface area contributed by atoms with Gasteiger partial charge in [0.05, 0.1) is 42.1 Å². The first-order valence-corrected chi connectivity index (χ1v) is 7.96. The van der Waals surface area contributed by atoms with E-state index in [0.717, 1.165) is 5.56 Å². The van der Waals surface area contributed by atoms with Crippen molar-refractivity contribution in [1.29, 1.82) is 0 Å². The summed E-state index contributed by atoms with van der Waals surface area (Å²) in [7, 11) is 0. The summed E-state index contributed by atoms with van der Waals surface area (Å²) >= 11 is 6.09. The number of carbonyl (C=O) groups excluding carboxylic acids is 1. The number of nitrogens with one attached hydrogen (secondary N) is 1. The molecule has 2 aliphatic heterocycles. The van der Waals surface area contributed by atoms with Crippen LogP contribution in [0.1, 0.15) is 15.9 Å². The van der Waals surface area contributed by atoms with E-state index in [1.807, 2.05) is 0 Å². The molecule has 2 amide bonds. The number of nitrogens with two attached hydrogens (primary N) is 1. The largest absolute Gasteiger partial charge is 0.492 e. The van der Waals surface area contributed by atoms with Crippen LogP contribution in [0, 0.1) is 0 Å². The quantitative estimate of drug-likeness (QED) is 0.696. The van der Waals surface area contributed by atoms with Crippen LogP contribution >= 0.6 is 11.6 Å². The lowest BCUT2D eigenvalue weighted by Crippen LogP contribution is -2.49. The molecule has 0 saturated carbocycles. The first-order valence-electron chi connectivity index (χ1n) is 7.58. The van der Waals surface area contributed by atoms with Gasteiger partial charge in [0, 0.05) is 25.1 Å². The Kier molecular flexibility index (Phi) is 4.68. The minimum atomic E-state index is -0.994. The molecule has 2 aliphatic rings. The molecular weight excluding hydrogens is 338 g/mol. The van der Waals surface area contributed by atoms with Gasteiger partial charge in [0.25, 0.3) is 5.91 Å². The number of hydrogen-bond donors (Lipinski definition) is 3. The van der Waals surface area contributed by atoms with Gasteiger partial charge in [-0.1, -0.05) is 11.6 Å². The van der Waals surface area contributed by atoms with E-state index in [1.54, 1.807) is 0 Å². The number of amides is 2. The molecule has 9 heteroatoms. The first-order chi connectivity index (χ1) is 11.5. The second-order valence-electron chi connectivity index (χ2n) is 5.66. The fourth-order valence-electron chi connectivity index (χ4n) is 2.85. The molecule has 4 N–H and O–H groups in total. The number of rotatable bonds is 3. The van der Waals surface area contributed by atoms with Crippen LogP contribution in [-0.4, -0.2) is 61.0 Å². The van der Waals surface area contributed by atoms with E-state index in [-0.39, 0.29) is 19.0 Å². The Morgan fingerprint density at radius 3 is 3.00 bits per heavy atom. The minimum absolute atomic E-state index is 0.194. The molecule has 24 heavy (non-hydrogen) atoms. The predicted octanol–water partition coefficient (Wildman–Crippen LogP) is 0.966. The van der Waals surface area contributed by atoms with Crippen LogP contribution in [0.2, 0.25) is 5.02 Å². The number of nitrogens with zero attached hydrogens (tertiary/aromatic N) is 1. The monoisotopic (exact) mass is 355 g/mol. The van der Waals surface area contributed by atoms with Crippen molar-refractivity contribution in [2.45, 2.75) is 12.5 Å². The lowest BCUT2D eigenvalue weighted by Gasteiger charge is -2.31. The summed E-state index contributed by atoms with van der Waals surface area (Å²) in [5, 5.41) is 12.1. The number of halogens is 1. The lowest BCUT2D eigenvalue weighted by molar-refractivity contribution is -0.0199. The molecule has 3 rings (SSSR count). The molecule has 1 fully saturated rings. The molecule has 0 radical (unpaired) electrons. The van der Waals surface area contributed by atoms with Crippen molar-refractivity contribution in [2.75, 3.05) is 38.6 Å². The Morgan fingerprint density at radius 1 is 1.46 bits per heavy atom. The topological polar surface area (TPSA) is 114 Å². The van der Waals surface area contributed by atoms with Crippen molar-refractivity contribution in [2.24, 2.45) is 0 Å². The van der Waals surface area contributed by atoms with Crippen molar-refractivity contribution < 1.29 is 24.2 Å². The van der Waals surface area contributed by atoms with E-state index in [9.17, 15) is 9.59 Å². The molecule has 0 bridgehead atoms. The van der Waals surface area contributed by atoms with E-state index in [1.165, 1.54) is 11.0 Å². The van der Waals surface area contributed by atoms with Gasteiger partial charge < -0.3 is 30.5 Å². The van der Waals surface area contributed by atoms with E-state index in [4.69, 9.17) is 31.9 Å². The van der Waals surface area contributed by atoms with E-state index < -0.39 is 12.2 Å². The second-order valence-corrected chi connectivity index (χ2v) is 6.06. The number of carbonyl (C=O) groups is 2. The zero-order valence-corrected chi connectivity index (χ0v) is 13.6. The van der Waals surface area contributed by atoms with Crippen molar-refractivity contribution in [3.05, 3.63) is 22.2 Å². The molecule has 8 nitrogen and oxygen atoms in total. The van der Waals surface area contributed by atoms with Gasteiger partial charge in [-0.15, -0.1) is 0 Å². The highest BCUT2D eigenvalue weighted by molar-refractivity contribution is 6.33. The van der Waals surface area contributed by atoms with Crippen LogP contribution in [0.5, 0.6) is 5.75 Å². The number of morpholine rings is 1. The number of hydrogen-bond acceptors (Lipinski definition) is 5. The summed E-state index contributed by atoms with van der Waals surface area (Å²) in [5.74, 6) is 0.109. The number of carboxylic acid groups (broad SMARTS) is 1. The average molecular weight is 356 g/mol. The maximum atomic E-state index is 12.4. The van der Waals surface area contributed by atoms with E-state index >= 15 is 0 Å². The van der Waals surface area contributed by atoms with Crippen LogP contribution in [0.4, 0.5) is 10.5 Å². The molecular formula is C15H18ClN3O5. The number of benzene rings is 1. The molecule has 1 atom stereocenters. The SMILES string of the molecule is Nc1c(Cl)cc(C(=O)NCC2CN(C(=O)O)CCO2)c2c1CCO2. The predicted molar refractivity (Wildman–Crippen MR) is 86.7 cm³/mol. The molecule has 1 aromatic carbocycles. The third-order valence-corrected chi connectivity index (χ3v) is 4.43. The number of nitrogen functional groups attached to an aromatic ring is 1. The average Bonchev–Trinajstić information content (AvgIpc) is 3.06. The van der Waals surface area contributed by atoms with Gasteiger partial charge in [-0.25, -0.2) is 4.79 Å². The number of ether oxygens (including phenoxy) is 2. The second kappa shape index (κ2) is 6.74. The van der Waals surface area contributed by atoms with Crippen LogP contribution in [0.15, 0.2) is 6.07 Å². The Labute approximate surface area is 143 Å². The summed E-state index contributed by atoms with van der Waals surface area (Å²) in [6.07, 6.45) is -0.774. The molecule has 1 unspecified atom stereocenters. The summed E-state index contributed by atoms with van der Waals surface area (Å²) in [4.78, 5) is 24.7. The van der Waals surface area contributed by atoms with Crippen LogP contribution in [0.3, 0.4) is 0 Å². The highest BCUT2D eigenvalue weighted by atomic mass is 35.5. The zero-order chi connectivity index (χ0) is 17.3. The fourth-order valence-corrected chi connectivity index (χ4v) is 3.08. The van der Waals surface area contributed by atoms with E-state index in [2.05, 4.69) is 5.32 Å². The first kappa shape index (κ1) is 16.7. The van der Waals surface area contributed by atoms with Gasteiger partial charge in [0.2, 0.25) is 0 Å². The molecule has 0 spiro atoms. The Bertz CT molecular complexity index is 682. The highest BCUT2D eigenvalue weighted by Gasteiger charge is 2.27. The Balaban J connectivity index is 1.67. The lowest BCUT2D eigenvalue weighted by atomic mass is 10.1. The minimum Gasteiger partial charge on any atom is -0.492 e. The Hall–Kier alpha value is -2.19. The summed E-state index contributed by atoms with van der Waals surface area (Å²) < 4.78 is 11.0. The van der Waals surface area contributed by atoms with Crippen molar-refractivity contribution in [3.8, 4) is 5.75 Å². The maximum Gasteiger partial charge on any atom is 0.407 e. The van der Waals surface area contributed by atoms with Gasteiger partial charge in [0.15, 0.2) is 0 Å². The molecule has 2 heterocycles. The van der Waals surface area contributed by atoms with Gasteiger partial charge >= 0.3 is 6.09 Å². The maximum absolute atomic E-state index is 12.4. The molecule has 0 aliphatic carbocycles. The third-order valence-electron chi connectivity index (χ3n) is 4.11. The summed E-state index contributed by atoms with van der Waals surface area (Å²) in [5.41, 5.74) is 7.43. The van der Waals surface area contributed by atoms with Crippen LogP contribution in [0.25, 0.3) is 0 Å². The van der Waals surface area contributed by atoms with Gasteiger partial charge in [-0.05, 0) is 6.07 Å². The smallest absolute Gasteiger partial charge is 0.407 e. The van der Waals surface area contributed by atoms with Crippen molar-refractivity contribution in [1.82, 2.24) is 10.2 Å². The molecule has 1 saturated heterocycles. The van der Waals surface area contributed by atoms with E-state index in [0.29, 0.717) is 48.2 Å². The zero-order valence-electron chi connectivity index (χ0n) is 12.9. The Morgan fingerprint density at radius 2 is 2.25 bits per heavy atom. The number of fused-ring (bicyclic) bond motifs is 1. The fraction of sp³-hybridized carbons (Fsp3) is 0.467. The van der Waals surface area contributed by atoms with Crippen molar-refractivity contribution in [3.63, 3.8) is 0 Å². The highest BCUT2D eigenvalue weighted by Crippen LogP contribution is 2.38. The van der Waals surface area contributed by atoms with Crippen LogP contribution in [-0.2, 0) is 11.2 Å². The molecule has 130 valence electrons.